The molecule has 3 rings (SSSR count). The molecule has 1 aliphatic heterocycles. The molecule has 3 atom stereocenters. The largest absolute Gasteiger partial charge is 0.390 e. The fraction of sp³-hybridized carbons (Fsp3) is 0.458. The highest BCUT2D eigenvalue weighted by molar-refractivity contribution is 7.88. The SMILES string of the molecule is CCc1ccc2c(c1)C(NCC(O)C(Cc1cc(F)cc(F)c1)NC(C)=O)CN(S(C)(=O)=O)C2. The number of aliphatic hydroxyl groups is 1. The van der Waals surface area contributed by atoms with Crippen molar-refractivity contribution in [2.45, 2.75) is 51.4 Å². The summed E-state index contributed by atoms with van der Waals surface area (Å²) in [5.41, 5.74) is 3.27. The molecule has 3 N–H and O–H groups in total. The molecule has 186 valence electrons. The van der Waals surface area contributed by atoms with Crippen molar-refractivity contribution in [1.29, 1.82) is 0 Å². The van der Waals surface area contributed by atoms with Gasteiger partial charge in [-0.3, -0.25) is 4.79 Å². The Kier molecular flexibility index (Phi) is 8.40. The van der Waals surface area contributed by atoms with E-state index in [0.717, 1.165) is 47.6 Å². The van der Waals surface area contributed by atoms with E-state index in [9.17, 15) is 27.1 Å². The monoisotopic (exact) mass is 495 g/mol. The Morgan fingerprint density at radius 3 is 2.44 bits per heavy atom. The molecule has 0 radical (unpaired) electrons. The number of sulfonamides is 1. The van der Waals surface area contributed by atoms with Gasteiger partial charge < -0.3 is 15.7 Å². The van der Waals surface area contributed by atoms with Crippen molar-refractivity contribution in [2.24, 2.45) is 0 Å². The van der Waals surface area contributed by atoms with Crippen molar-refractivity contribution in [1.82, 2.24) is 14.9 Å². The van der Waals surface area contributed by atoms with Crippen LogP contribution >= 0.6 is 0 Å². The minimum absolute atomic E-state index is 0.0216. The number of nitrogens with one attached hydrogen (secondary N) is 2. The van der Waals surface area contributed by atoms with Gasteiger partial charge in [-0.25, -0.2) is 17.2 Å². The molecule has 10 heteroatoms. The van der Waals surface area contributed by atoms with Gasteiger partial charge in [0.1, 0.15) is 11.6 Å². The Morgan fingerprint density at radius 2 is 1.85 bits per heavy atom. The molecular formula is C24H31F2N3O4S. The Balaban J connectivity index is 1.79. The summed E-state index contributed by atoms with van der Waals surface area (Å²) in [6, 6.07) is 7.84. The van der Waals surface area contributed by atoms with E-state index in [-0.39, 0.29) is 38.0 Å². The first-order chi connectivity index (χ1) is 16.0. The Bertz CT molecular complexity index is 1120. The van der Waals surface area contributed by atoms with Crippen molar-refractivity contribution in [3.63, 3.8) is 0 Å². The molecule has 34 heavy (non-hydrogen) atoms. The normalized spacial score (nSPS) is 18.2. The van der Waals surface area contributed by atoms with Crippen LogP contribution in [-0.4, -0.2) is 55.2 Å². The third kappa shape index (κ3) is 6.82. The van der Waals surface area contributed by atoms with E-state index in [0.29, 0.717) is 5.56 Å². The number of halogens is 2. The van der Waals surface area contributed by atoms with Crippen molar-refractivity contribution in [3.8, 4) is 0 Å². The van der Waals surface area contributed by atoms with Gasteiger partial charge in [0.05, 0.1) is 18.4 Å². The fourth-order valence-electron chi connectivity index (χ4n) is 4.25. The summed E-state index contributed by atoms with van der Waals surface area (Å²) >= 11 is 0. The van der Waals surface area contributed by atoms with Crippen molar-refractivity contribution in [3.05, 3.63) is 70.3 Å². The molecule has 2 aromatic carbocycles. The van der Waals surface area contributed by atoms with Crippen LogP contribution in [0.1, 0.15) is 42.1 Å². The second kappa shape index (κ2) is 10.9. The van der Waals surface area contributed by atoms with E-state index >= 15 is 0 Å². The molecular weight excluding hydrogens is 464 g/mol. The van der Waals surface area contributed by atoms with Gasteiger partial charge in [-0.1, -0.05) is 25.1 Å². The number of amides is 1. The maximum absolute atomic E-state index is 13.6. The number of carbonyl (C=O) groups is 1. The topological polar surface area (TPSA) is 98.7 Å². The molecule has 1 aliphatic rings. The molecule has 0 aromatic heterocycles. The number of hydrogen-bond acceptors (Lipinski definition) is 5. The van der Waals surface area contributed by atoms with Crippen molar-refractivity contribution >= 4 is 15.9 Å². The summed E-state index contributed by atoms with van der Waals surface area (Å²) in [4.78, 5) is 11.7. The van der Waals surface area contributed by atoms with Crippen LogP contribution in [0.3, 0.4) is 0 Å². The van der Waals surface area contributed by atoms with E-state index in [1.165, 1.54) is 11.2 Å². The Hall–Kier alpha value is -2.40. The van der Waals surface area contributed by atoms with Gasteiger partial charge in [0.2, 0.25) is 15.9 Å². The third-order valence-corrected chi connectivity index (χ3v) is 7.22. The number of carbonyl (C=O) groups excluding carboxylic acids is 1. The molecule has 7 nitrogen and oxygen atoms in total. The van der Waals surface area contributed by atoms with Crippen LogP contribution in [0.25, 0.3) is 0 Å². The molecule has 0 aliphatic carbocycles. The minimum Gasteiger partial charge on any atom is -0.390 e. The molecule has 1 heterocycles. The lowest BCUT2D eigenvalue weighted by Gasteiger charge is -2.35. The molecule has 1 amide bonds. The number of nitrogens with zero attached hydrogens (tertiary/aromatic N) is 1. The average Bonchev–Trinajstić information content (AvgIpc) is 2.74. The maximum Gasteiger partial charge on any atom is 0.217 e. The zero-order chi connectivity index (χ0) is 25.0. The average molecular weight is 496 g/mol. The van der Waals surface area contributed by atoms with Crippen LogP contribution in [0.2, 0.25) is 0 Å². The van der Waals surface area contributed by atoms with E-state index < -0.39 is 33.8 Å². The first kappa shape index (κ1) is 26.2. The van der Waals surface area contributed by atoms with Gasteiger partial charge in [0, 0.05) is 38.7 Å². The molecule has 3 unspecified atom stereocenters. The minimum atomic E-state index is -3.43. The highest BCUT2D eigenvalue weighted by Crippen LogP contribution is 2.29. The molecule has 0 spiro atoms. The standard InChI is InChI=1S/C24H31F2N3O4S/c1-4-16-5-6-18-13-29(34(3,32)33)14-23(21(18)9-16)27-12-24(31)22(28-15(2)30)10-17-7-19(25)11-20(26)8-17/h5-9,11,22-24,27,31H,4,10,12-14H2,1-3H3,(H,28,30). The van der Waals surface area contributed by atoms with Crippen LogP contribution in [0.5, 0.6) is 0 Å². The van der Waals surface area contributed by atoms with Crippen LogP contribution in [0.4, 0.5) is 8.78 Å². The predicted octanol–water partition coefficient (Wildman–Crippen LogP) is 2.04. The second-order valence-electron chi connectivity index (χ2n) is 8.76. The van der Waals surface area contributed by atoms with E-state index in [2.05, 4.69) is 10.6 Å². The number of fused-ring (bicyclic) bond motifs is 1. The number of aliphatic hydroxyl groups excluding tert-OH is 1. The quantitative estimate of drug-likeness (QED) is 0.495. The molecule has 0 bridgehead atoms. The lowest BCUT2D eigenvalue weighted by atomic mass is 9.93. The Morgan fingerprint density at radius 1 is 1.18 bits per heavy atom. The number of aryl methyl sites for hydroxylation is 1. The first-order valence-electron chi connectivity index (χ1n) is 11.2. The Labute approximate surface area is 199 Å². The van der Waals surface area contributed by atoms with Gasteiger partial charge in [-0.2, -0.15) is 4.31 Å². The maximum atomic E-state index is 13.6. The van der Waals surface area contributed by atoms with Gasteiger partial charge in [0.15, 0.2) is 0 Å². The smallest absolute Gasteiger partial charge is 0.217 e. The van der Waals surface area contributed by atoms with Gasteiger partial charge >= 0.3 is 0 Å². The van der Waals surface area contributed by atoms with Crippen LogP contribution in [-0.2, 0) is 34.2 Å². The zero-order valence-corrected chi connectivity index (χ0v) is 20.3. The lowest BCUT2D eigenvalue weighted by Crippen LogP contribution is -2.50. The number of rotatable bonds is 9. The van der Waals surface area contributed by atoms with E-state index in [1.54, 1.807) is 0 Å². The van der Waals surface area contributed by atoms with E-state index in [4.69, 9.17) is 0 Å². The second-order valence-corrected chi connectivity index (χ2v) is 10.7. The summed E-state index contributed by atoms with van der Waals surface area (Å²) in [6.45, 7) is 3.84. The van der Waals surface area contributed by atoms with Gasteiger partial charge in [0.25, 0.3) is 0 Å². The summed E-state index contributed by atoms with van der Waals surface area (Å²) in [5, 5.41) is 16.7. The van der Waals surface area contributed by atoms with Gasteiger partial charge in [-0.05, 0) is 47.2 Å². The third-order valence-electron chi connectivity index (χ3n) is 6.00. The summed E-state index contributed by atoms with van der Waals surface area (Å²) in [5.74, 6) is -1.87. The molecule has 2 aromatic rings. The van der Waals surface area contributed by atoms with Crippen molar-refractivity contribution < 1.29 is 27.1 Å². The number of hydrogen-bond donors (Lipinski definition) is 3. The number of benzene rings is 2. The van der Waals surface area contributed by atoms with Crippen molar-refractivity contribution in [2.75, 3.05) is 19.3 Å². The molecule has 0 fully saturated rings. The summed E-state index contributed by atoms with van der Waals surface area (Å²) in [6.07, 6.45) is 0.914. The van der Waals surface area contributed by atoms with Gasteiger partial charge in [-0.15, -0.1) is 0 Å². The highest BCUT2D eigenvalue weighted by Gasteiger charge is 2.31. The molecule has 0 saturated carbocycles. The van der Waals surface area contributed by atoms with Crippen LogP contribution in [0.15, 0.2) is 36.4 Å². The highest BCUT2D eigenvalue weighted by atomic mass is 32.2. The lowest BCUT2D eigenvalue weighted by molar-refractivity contribution is -0.120. The zero-order valence-electron chi connectivity index (χ0n) is 19.5. The first-order valence-corrected chi connectivity index (χ1v) is 13.0. The molecule has 0 saturated heterocycles. The predicted molar refractivity (Wildman–Crippen MR) is 125 cm³/mol. The summed E-state index contributed by atoms with van der Waals surface area (Å²) in [7, 11) is -3.43. The fourth-order valence-corrected chi connectivity index (χ4v) is 5.04. The van der Waals surface area contributed by atoms with Crippen LogP contribution in [0, 0.1) is 11.6 Å². The summed E-state index contributed by atoms with van der Waals surface area (Å²) < 4.78 is 53.1. The van der Waals surface area contributed by atoms with Crippen LogP contribution < -0.4 is 10.6 Å². The van der Waals surface area contributed by atoms with E-state index in [1.807, 2.05) is 25.1 Å².